The Morgan fingerprint density at radius 2 is 1.70 bits per heavy atom. The minimum Gasteiger partial charge on any atom is -0.462 e. The van der Waals surface area contributed by atoms with Gasteiger partial charge >= 0.3 is 11.9 Å². The number of esters is 2. The third-order valence-corrected chi connectivity index (χ3v) is 11.0. The van der Waals surface area contributed by atoms with Gasteiger partial charge in [-0.3, -0.25) is 9.59 Å². The molecule has 4 fully saturated rings. The van der Waals surface area contributed by atoms with E-state index in [0.29, 0.717) is 12.0 Å². The maximum Gasteiger partial charge on any atom is 0.339 e. The number of carbonyl (C=O) groups is 3. The fourth-order valence-corrected chi connectivity index (χ4v) is 9.10. The molecule has 202 valence electrons. The molecule has 0 aliphatic heterocycles. The van der Waals surface area contributed by atoms with Gasteiger partial charge in [-0.1, -0.05) is 52.8 Å². The fraction of sp³-hybridized carbons (Fsp3) is 0.700. The second-order valence-corrected chi connectivity index (χ2v) is 13.0. The van der Waals surface area contributed by atoms with Crippen molar-refractivity contribution in [2.24, 2.45) is 39.9 Å². The number of Topliss-reactive ketones (excluding diaryl/α,β-unsaturated/α-hetero) is 1. The first-order valence-electron chi connectivity index (χ1n) is 13.5. The molecule has 4 saturated carbocycles. The third-order valence-electron chi connectivity index (χ3n) is 11.0. The Morgan fingerprint density at radius 1 is 1.05 bits per heavy atom. The van der Waals surface area contributed by atoms with Crippen LogP contribution in [0.5, 0.6) is 0 Å². The predicted molar refractivity (Wildman–Crippen MR) is 135 cm³/mol. The van der Waals surface area contributed by atoms with E-state index in [1.165, 1.54) is 6.92 Å². The van der Waals surface area contributed by atoms with Crippen molar-refractivity contribution in [3.63, 3.8) is 0 Å². The molecule has 1 aromatic carbocycles. The standard InChI is InChI=1S/C30H40O7/c1-16-15-30(37-25(33)18-11-9-8-10-12-18)21(22(16)36-17(2)31)23(32)28(5)14-13-19-20(29(28,6)26(30)34)24(35-7)27(19,3)4/h8-12,16,19-24,32H,13-15H2,1-7H3/t16-,19+,20+,21-,22+,23-,24-,28+,29-,30-/m1/s1. The molecule has 7 nitrogen and oxygen atoms in total. The lowest BCUT2D eigenvalue weighted by Gasteiger charge is -2.73. The average molecular weight is 513 g/mol. The number of carbonyl (C=O) groups excluding carboxylic acids is 3. The normalized spacial score (nSPS) is 45.6. The summed E-state index contributed by atoms with van der Waals surface area (Å²) in [4.78, 5) is 40.7. The molecule has 1 aromatic rings. The summed E-state index contributed by atoms with van der Waals surface area (Å²) in [5, 5.41) is 12.2. The molecular formula is C30H40O7. The molecule has 0 amide bonds. The van der Waals surface area contributed by atoms with Crippen LogP contribution in [0.1, 0.15) is 71.2 Å². The number of aliphatic hydroxyl groups excluding tert-OH is 1. The SMILES string of the molecule is CO[C@@H]1[C@@H]2[C@H](CC[C@@]3(C)[C@H](O)[C@H]4[C@@H](OC(C)=O)[C@H](C)C[C@]4(OC(=O)c4ccccc4)C(=O)[C@@]23C)C1(C)C. The molecule has 5 rings (SSSR count). The second-order valence-electron chi connectivity index (χ2n) is 13.0. The first kappa shape index (κ1) is 26.4. The highest BCUT2D eigenvalue weighted by molar-refractivity contribution is 6.00. The zero-order valence-electron chi connectivity index (χ0n) is 22.9. The number of hydrogen-bond acceptors (Lipinski definition) is 7. The van der Waals surface area contributed by atoms with E-state index in [1.807, 2.05) is 20.8 Å². The second kappa shape index (κ2) is 8.37. The Bertz CT molecular complexity index is 1110. The lowest BCUT2D eigenvalue weighted by Crippen LogP contribution is -2.79. The van der Waals surface area contributed by atoms with E-state index in [4.69, 9.17) is 14.2 Å². The molecule has 4 aliphatic carbocycles. The molecular weight excluding hydrogens is 472 g/mol. The zero-order chi connectivity index (χ0) is 27.1. The van der Waals surface area contributed by atoms with Crippen LogP contribution in [0, 0.1) is 39.9 Å². The van der Waals surface area contributed by atoms with E-state index in [2.05, 4.69) is 13.8 Å². The van der Waals surface area contributed by atoms with Gasteiger partial charge in [-0.25, -0.2) is 4.79 Å². The Morgan fingerprint density at radius 3 is 2.30 bits per heavy atom. The molecule has 0 bridgehead atoms. The molecule has 0 spiro atoms. The number of fused-ring (bicyclic) bond motifs is 4. The van der Waals surface area contributed by atoms with Crippen LogP contribution in [0.2, 0.25) is 0 Å². The number of ketones is 1. The molecule has 0 radical (unpaired) electrons. The highest BCUT2D eigenvalue weighted by Crippen LogP contribution is 2.74. The van der Waals surface area contributed by atoms with Crippen LogP contribution in [-0.2, 0) is 23.8 Å². The van der Waals surface area contributed by atoms with Crippen LogP contribution in [0.15, 0.2) is 30.3 Å². The third kappa shape index (κ3) is 3.22. The summed E-state index contributed by atoms with van der Waals surface area (Å²) >= 11 is 0. The predicted octanol–water partition coefficient (Wildman–Crippen LogP) is 4.21. The monoisotopic (exact) mass is 512 g/mol. The van der Waals surface area contributed by atoms with Crippen molar-refractivity contribution >= 4 is 17.7 Å². The number of rotatable bonds is 4. The van der Waals surface area contributed by atoms with Gasteiger partial charge in [0.15, 0.2) is 11.4 Å². The van der Waals surface area contributed by atoms with Crippen molar-refractivity contribution in [3.05, 3.63) is 35.9 Å². The van der Waals surface area contributed by atoms with Crippen molar-refractivity contribution in [1.82, 2.24) is 0 Å². The van der Waals surface area contributed by atoms with Crippen molar-refractivity contribution in [3.8, 4) is 0 Å². The van der Waals surface area contributed by atoms with Gasteiger partial charge in [0.2, 0.25) is 0 Å². The molecule has 7 heteroatoms. The Kier molecular flexibility index (Phi) is 5.97. The van der Waals surface area contributed by atoms with Gasteiger partial charge in [0, 0.05) is 37.2 Å². The van der Waals surface area contributed by atoms with E-state index in [-0.39, 0.29) is 41.5 Å². The lowest BCUT2D eigenvalue weighted by molar-refractivity contribution is -0.298. The van der Waals surface area contributed by atoms with Crippen molar-refractivity contribution in [1.29, 1.82) is 0 Å². The zero-order valence-corrected chi connectivity index (χ0v) is 22.9. The van der Waals surface area contributed by atoms with Gasteiger partial charge in [-0.05, 0) is 42.2 Å². The lowest BCUT2D eigenvalue weighted by atomic mass is 9.32. The minimum atomic E-state index is -1.61. The summed E-state index contributed by atoms with van der Waals surface area (Å²) in [7, 11) is 1.68. The number of benzene rings is 1. The largest absolute Gasteiger partial charge is 0.462 e. The molecule has 0 unspecified atom stereocenters. The van der Waals surface area contributed by atoms with E-state index < -0.39 is 46.5 Å². The van der Waals surface area contributed by atoms with Crippen LogP contribution < -0.4 is 0 Å². The van der Waals surface area contributed by atoms with Gasteiger partial charge < -0.3 is 19.3 Å². The highest BCUT2D eigenvalue weighted by atomic mass is 16.6. The maximum atomic E-state index is 15.1. The van der Waals surface area contributed by atoms with Crippen LogP contribution in [0.3, 0.4) is 0 Å². The maximum absolute atomic E-state index is 15.1. The Hall–Kier alpha value is -2.25. The average Bonchev–Trinajstić information content (AvgIpc) is 3.11. The Labute approximate surface area is 219 Å². The first-order chi connectivity index (χ1) is 17.3. The molecule has 0 heterocycles. The minimum absolute atomic E-state index is 0.108. The molecule has 37 heavy (non-hydrogen) atoms. The molecule has 10 atom stereocenters. The molecule has 0 aromatic heterocycles. The van der Waals surface area contributed by atoms with Gasteiger partial charge in [0.05, 0.1) is 23.7 Å². The van der Waals surface area contributed by atoms with Gasteiger partial charge in [-0.2, -0.15) is 0 Å². The van der Waals surface area contributed by atoms with Gasteiger partial charge in [0.1, 0.15) is 6.10 Å². The van der Waals surface area contributed by atoms with E-state index in [1.54, 1.807) is 37.4 Å². The van der Waals surface area contributed by atoms with Gasteiger partial charge in [-0.15, -0.1) is 0 Å². The number of aliphatic hydroxyl groups is 1. The van der Waals surface area contributed by atoms with Crippen molar-refractivity contribution in [2.75, 3.05) is 7.11 Å². The van der Waals surface area contributed by atoms with Crippen LogP contribution in [-0.4, -0.2) is 53.9 Å². The summed E-state index contributed by atoms with van der Waals surface area (Å²) in [6, 6.07) is 8.59. The fourth-order valence-electron chi connectivity index (χ4n) is 9.10. The van der Waals surface area contributed by atoms with Gasteiger partial charge in [0.25, 0.3) is 0 Å². The summed E-state index contributed by atoms with van der Waals surface area (Å²) in [5.74, 6) is -2.28. The van der Waals surface area contributed by atoms with E-state index >= 15 is 4.79 Å². The number of methoxy groups -OCH3 is 1. The highest BCUT2D eigenvalue weighted by Gasteiger charge is 2.81. The van der Waals surface area contributed by atoms with Crippen LogP contribution in [0.4, 0.5) is 0 Å². The molecule has 0 saturated heterocycles. The number of ether oxygens (including phenoxy) is 3. The van der Waals surface area contributed by atoms with E-state index in [9.17, 15) is 14.7 Å². The molecule has 4 aliphatic rings. The summed E-state index contributed by atoms with van der Waals surface area (Å²) in [6.45, 7) is 11.5. The van der Waals surface area contributed by atoms with Crippen molar-refractivity contribution < 1.29 is 33.7 Å². The summed E-state index contributed by atoms with van der Waals surface area (Å²) in [6.07, 6.45) is -0.220. The van der Waals surface area contributed by atoms with E-state index in [0.717, 1.165) is 6.42 Å². The topological polar surface area (TPSA) is 99.1 Å². The first-order valence-corrected chi connectivity index (χ1v) is 13.5. The molecule has 1 N–H and O–H groups in total. The quantitative estimate of drug-likeness (QED) is 0.604. The summed E-state index contributed by atoms with van der Waals surface area (Å²) < 4.78 is 18.0. The summed E-state index contributed by atoms with van der Waals surface area (Å²) in [5.41, 5.74) is -3.18. The van der Waals surface area contributed by atoms with Crippen LogP contribution in [0.25, 0.3) is 0 Å². The van der Waals surface area contributed by atoms with Crippen LogP contribution >= 0.6 is 0 Å². The smallest absolute Gasteiger partial charge is 0.339 e. The number of hydrogen-bond donors (Lipinski definition) is 1. The van der Waals surface area contributed by atoms with Crippen molar-refractivity contribution in [2.45, 2.75) is 84.7 Å². The Balaban J connectivity index is 1.67.